The van der Waals surface area contributed by atoms with E-state index in [4.69, 9.17) is 19.1 Å². The van der Waals surface area contributed by atoms with Gasteiger partial charge in [0.1, 0.15) is 12.7 Å². The maximum Gasteiger partial charge on any atom is 0.472 e. The summed E-state index contributed by atoms with van der Waals surface area (Å²) in [5.41, 5.74) is 0. The normalized spacial score (nSPS) is 21.0. The van der Waals surface area contributed by atoms with E-state index in [0.29, 0.717) is 32.1 Å². The molecule has 0 heterocycles. The van der Waals surface area contributed by atoms with Crippen molar-refractivity contribution in [2.24, 2.45) is 11.8 Å². The molecule has 1 rings (SSSR count). The fourth-order valence-corrected chi connectivity index (χ4v) is 7.93. The number of carbonyl (C=O) groups excluding carboxylic acids is 2. The molecule has 8 atom stereocenters. The molecular formula is C44H81O13P. The van der Waals surface area contributed by atoms with E-state index < -0.39 is 70.1 Å². The molecule has 1 unspecified atom stereocenters. The first-order chi connectivity index (χ1) is 27.9. The van der Waals surface area contributed by atoms with Gasteiger partial charge >= 0.3 is 19.8 Å². The van der Waals surface area contributed by atoms with Crippen molar-refractivity contribution in [3.8, 4) is 0 Å². The van der Waals surface area contributed by atoms with Crippen molar-refractivity contribution >= 4 is 19.8 Å². The Balaban J connectivity index is 2.43. The van der Waals surface area contributed by atoms with Crippen molar-refractivity contribution in [1.29, 1.82) is 0 Å². The second-order valence-corrected chi connectivity index (χ2v) is 17.5. The third kappa shape index (κ3) is 28.7. The molecule has 0 radical (unpaired) electrons. The Morgan fingerprint density at radius 2 is 1.26 bits per heavy atom. The number of rotatable bonds is 38. The maximum absolute atomic E-state index is 12.7. The van der Waals surface area contributed by atoms with E-state index in [1.165, 1.54) is 38.5 Å². The topological polar surface area (TPSA) is 210 Å². The molecule has 0 aromatic carbocycles. The van der Waals surface area contributed by atoms with Crippen molar-refractivity contribution in [3.63, 3.8) is 0 Å². The van der Waals surface area contributed by atoms with Crippen LogP contribution in [-0.4, -0.2) is 99.3 Å². The molecule has 1 aliphatic carbocycles. The lowest BCUT2D eigenvalue weighted by Crippen LogP contribution is -2.29. The first-order valence-electron chi connectivity index (χ1n) is 22.6. The summed E-state index contributed by atoms with van der Waals surface area (Å²) in [5, 5.41) is 49.7. The van der Waals surface area contributed by atoms with E-state index in [2.05, 4.69) is 30.5 Å². The molecule has 0 bridgehead atoms. The highest BCUT2D eigenvalue weighted by molar-refractivity contribution is 7.47. The summed E-state index contributed by atoms with van der Waals surface area (Å²) in [6, 6.07) is 0. The van der Waals surface area contributed by atoms with Crippen molar-refractivity contribution in [2.75, 3.05) is 26.4 Å². The number of ether oxygens (including phenoxy) is 2. The van der Waals surface area contributed by atoms with Crippen LogP contribution in [0.1, 0.15) is 174 Å². The van der Waals surface area contributed by atoms with Crippen LogP contribution >= 0.6 is 7.82 Å². The Hall–Kier alpha value is -1.67. The van der Waals surface area contributed by atoms with Crippen LogP contribution in [0, 0.1) is 11.8 Å². The van der Waals surface area contributed by atoms with Crippen LogP contribution in [0.3, 0.4) is 0 Å². The number of unbranched alkanes of at least 4 members (excludes halogenated alkanes) is 16. The Morgan fingerprint density at radius 3 is 1.90 bits per heavy atom. The van der Waals surface area contributed by atoms with Gasteiger partial charge in [-0.3, -0.25) is 18.6 Å². The van der Waals surface area contributed by atoms with E-state index >= 15 is 0 Å². The van der Waals surface area contributed by atoms with Gasteiger partial charge < -0.3 is 39.9 Å². The first kappa shape index (κ1) is 54.3. The Bertz CT molecular complexity index is 1130. The highest BCUT2D eigenvalue weighted by Gasteiger charge is 2.39. The van der Waals surface area contributed by atoms with Crippen LogP contribution in [-0.2, 0) is 32.7 Å². The molecule has 6 N–H and O–H groups in total. The summed E-state index contributed by atoms with van der Waals surface area (Å²) in [7, 11) is -4.67. The molecule has 1 fully saturated rings. The number of aliphatic hydroxyl groups excluding tert-OH is 5. The van der Waals surface area contributed by atoms with Gasteiger partial charge in [-0.05, 0) is 57.3 Å². The van der Waals surface area contributed by atoms with Crippen LogP contribution in [0.25, 0.3) is 0 Å². The molecule has 340 valence electrons. The van der Waals surface area contributed by atoms with Gasteiger partial charge in [0.05, 0.1) is 38.1 Å². The van der Waals surface area contributed by atoms with Crippen molar-refractivity contribution in [3.05, 3.63) is 24.3 Å². The van der Waals surface area contributed by atoms with Crippen molar-refractivity contribution in [1.82, 2.24) is 0 Å². The van der Waals surface area contributed by atoms with E-state index in [-0.39, 0.29) is 31.3 Å². The second kappa shape index (κ2) is 35.0. The zero-order valence-electron chi connectivity index (χ0n) is 35.8. The van der Waals surface area contributed by atoms with Crippen LogP contribution in [0.15, 0.2) is 24.3 Å². The summed E-state index contributed by atoms with van der Waals surface area (Å²) in [4.78, 5) is 35.2. The molecule has 0 aromatic heterocycles. The Morgan fingerprint density at radius 1 is 0.707 bits per heavy atom. The lowest BCUT2D eigenvalue weighted by atomic mass is 9.88. The average molecular weight is 849 g/mol. The van der Waals surface area contributed by atoms with E-state index in [0.717, 1.165) is 77.0 Å². The Labute approximate surface area is 349 Å². The summed E-state index contributed by atoms with van der Waals surface area (Å²) >= 11 is 0. The Kier molecular flexibility index (Phi) is 32.8. The molecule has 1 saturated carbocycles. The highest BCUT2D eigenvalue weighted by atomic mass is 31.2. The lowest BCUT2D eigenvalue weighted by molar-refractivity contribution is -0.161. The van der Waals surface area contributed by atoms with Crippen LogP contribution < -0.4 is 0 Å². The van der Waals surface area contributed by atoms with Crippen molar-refractivity contribution in [2.45, 2.75) is 205 Å². The molecule has 0 aliphatic heterocycles. The molecule has 0 saturated heterocycles. The van der Waals surface area contributed by atoms with E-state index in [1.54, 1.807) is 6.08 Å². The molecular weight excluding hydrogens is 767 g/mol. The third-order valence-electron chi connectivity index (χ3n) is 10.7. The van der Waals surface area contributed by atoms with Gasteiger partial charge in [-0.2, -0.15) is 0 Å². The molecule has 13 nitrogen and oxygen atoms in total. The summed E-state index contributed by atoms with van der Waals surface area (Å²) < 4.78 is 32.7. The van der Waals surface area contributed by atoms with Gasteiger partial charge in [-0.15, -0.1) is 0 Å². The zero-order valence-corrected chi connectivity index (χ0v) is 36.7. The molecule has 0 aromatic rings. The minimum Gasteiger partial charge on any atom is -0.462 e. The fourth-order valence-electron chi connectivity index (χ4n) is 7.14. The number of carbonyl (C=O) groups is 2. The summed E-state index contributed by atoms with van der Waals surface area (Å²) in [6.07, 6.45) is 26.3. The molecule has 14 heteroatoms. The SMILES string of the molecule is CCCCCCCC/C=C\CCCCCCCC(=O)O[C@H](COC(=O)CCCCCC[C@@H]1[C@@H](/C=C/[C@@H](O)CCCCC)[C@H](O)C[C@@H]1O)COP(=O)(O)OC[C@@H](O)CO. The summed E-state index contributed by atoms with van der Waals surface area (Å²) in [6.45, 7) is 2.03. The number of esters is 2. The number of hydrogen-bond donors (Lipinski definition) is 6. The number of phosphoric ester groups is 1. The molecule has 0 spiro atoms. The number of hydrogen-bond acceptors (Lipinski definition) is 12. The number of allylic oxidation sites excluding steroid dienone is 2. The molecule has 0 amide bonds. The molecule has 58 heavy (non-hydrogen) atoms. The fraction of sp³-hybridized carbons (Fsp3) is 0.864. The lowest BCUT2D eigenvalue weighted by Gasteiger charge is -2.21. The third-order valence-corrected chi connectivity index (χ3v) is 11.6. The van der Waals surface area contributed by atoms with Gasteiger partial charge in [0.2, 0.25) is 0 Å². The van der Waals surface area contributed by atoms with Gasteiger partial charge in [0, 0.05) is 25.2 Å². The van der Waals surface area contributed by atoms with E-state index in [1.807, 2.05) is 6.08 Å². The van der Waals surface area contributed by atoms with Crippen molar-refractivity contribution < 1.29 is 63.1 Å². The minimum atomic E-state index is -4.67. The minimum absolute atomic E-state index is 0.0998. The predicted octanol–water partition coefficient (Wildman–Crippen LogP) is 8.16. The standard InChI is InChI=1S/C44H81O13P/c1-3-5-7-8-9-10-11-12-13-14-15-16-17-18-24-28-44(51)57-38(35-56-58(52,53)55-33-37(47)32-45)34-54-43(50)27-23-20-19-22-26-39-40(42(49)31-41(39)48)30-29-36(46)25-21-6-4-2/h12-13,29-30,36-42,45-49H,3-11,14-28,31-35H2,1-2H3,(H,52,53)/b13-12-,30-29+/t36-,37-,38+,39+,40+,41-,42+/m0/s1. The maximum atomic E-state index is 12.7. The monoisotopic (exact) mass is 849 g/mol. The summed E-state index contributed by atoms with van der Waals surface area (Å²) in [5.74, 6) is -1.38. The number of aliphatic hydroxyl groups is 5. The molecule has 1 aliphatic rings. The first-order valence-corrected chi connectivity index (χ1v) is 24.0. The van der Waals surface area contributed by atoms with Gasteiger partial charge in [-0.25, -0.2) is 4.57 Å². The quantitative estimate of drug-likeness (QED) is 0.0150. The van der Waals surface area contributed by atoms with Gasteiger partial charge in [0.15, 0.2) is 6.10 Å². The smallest absolute Gasteiger partial charge is 0.462 e. The second-order valence-electron chi connectivity index (χ2n) is 16.0. The van der Waals surface area contributed by atoms with Gasteiger partial charge in [0.25, 0.3) is 0 Å². The zero-order chi connectivity index (χ0) is 42.9. The highest BCUT2D eigenvalue weighted by Crippen LogP contribution is 2.43. The number of phosphoric acid groups is 1. The average Bonchev–Trinajstić information content (AvgIpc) is 3.47. The largest absolute Gasteiger partial charge is 0.472 e. The van der Waals surface area contributed by atoms with E-state index in [9.17, 15) is 39.5 Å². The van der Waals surface area contributed by atoms with Crippen LogP contribution in [0.4, 0.5) is 0 Å². The van der Waals surface area contributed by atoms with Crippen LogP contribution in [0.5, 0.6) is 0 Å². The van der Waals surface area contributed by atoms with Gasteiger partial charge in [-0.1, -0.05) is 128 Å². The predicted molar refractivity (Wildman–Crippen MR) is 226 cm³/mol. The van der Waals surface area contributed by atoms with Crippen LogP contribution in [0.2, 0.25) is 0 Å².